The van der Waals surface area contributed by atoms with Crippen LogP contribution in [0.1, 0.15) is 36.6 Å². The molecular weight excluding hydrogens is 334 g/mol. The van der Waals surface area contributed by atoms with Crippen LogP contribution in [0.15, 0.2) is 53.7 Å². The van der Waals surface area contributed by atoms with E-state index in [1.807, 2.05) is 31.2 Å². The van der Waals surface area contributed by atoms with Crippen LogP contribution < -0.4 is 5.32 Å². The van der Waals surface area contributed by atoms with Crippen molar-refractivity contribution in [3.63, 3.8) is 0 Å². The predicted octanol–water partition coefficient (Wildman–Crippen LogP) is 3.39. The molecule has 0 bridgehead atoms. The van der Waals surface area contributed by atoms with Gasteiger partial charge in [-0.25, -0.2) is 0 Å². The highest BCUT2D eigenvalue weighted by molar-refractivity contribution is 5.80. The van der Waals surface area contributed by atoms with Gasteiger partial charge in [0.25, 0.3) is 11.6 Å². The van der Waals surface area contributed by atoms with Gasteiger partial charge in [0, 0.05) is 17.7 Å². The number of benzene rings is 2. The summed E-state index contributed by atoms with van der Waals surface area (Å²) in [5, 5.41) is 17.2. The van der Waals surface area contributed by atoms with Gasteiger partial charge < -0.3 is 10.2 Å². The standard InChI is InChI=1S/C19H21N3O4/c1-3-15-7-9-17(10-8-15)14(2)21-19(23)13-26-20-12-16-5-4-6-18(11-16)22(24)25/h4-12,14H,3,13H2,1-2H3,(H,21,23)/b20-12-/t14-/m1/s1. The molecule has 0 unspecified atom stereocenters. The maximum absolute atomic E-state index is 11.9. The van der Waals surface area contributed by atoms with Gasteiger partial charge in [-0.15, -0.1) is 0 Å². The second kappa shape index (κ2) is 9.31. The smallest absolute Gasteiger partial charge is 0.270 e. The Morgan fingerprint density at radius 2 is 2.04 bits per heavy atom. The fourth-order valence-corrected chi connectivity index (χ4v) is 2.32. The van der Waals surface area contributed by atoms with Crippen molar-refractivity contribution in [2.75, 3.05) is 6.61 Å². The molecule has 1 atom stereocenters. The Balaban J connectivity index is 1.80. The van der Waals surface area contributed by atoms with Crippen LogP contribution in [-0.2, 0) is 16.1 Å². The lowest BCUT2D eigenvalue weighted by molar-refractivity contribution is -0.384. The Labute approximate surface area is 151 Å². The Hall–Kier alpha value is -3.22. The summed E-state index contributed by atoms with van der Waals surface area (Å²) < 4.78 is 0. The van der Waals surface area contributed by atoms with E-state index in [9.17, 15) is 14.9 Å². The summed E-state index contributed by atoms with van der Waals surface area (Å²) in [6.45, 7) is 3.75. The zero-order chi connectivity index (χ0) is 18.9. The molecular formula is C19H21N3O4. The molecule has 0 aliphatic carbocycles. The average molecular weight is 355 g/mol. The Morgan fingerprint density at radius 1 is 1.31 bits per heavy atom. The van der Waals surface area contributed by atoms with Gasteiger partial charge in [-0.1, -0.05) is 48.5 Å². The zero-order valence-electron chi connectivity index (χ0n) is 14.7. The van der Waals surface area contributed by atoms with Crippen molar-refractivity contribution in [2.24, 2.45) is 5.16 Å². The molecule has 0 fully saturated rings. The molecule has 2 aromatic rings. The number of hydrogen-bond donors (Lipinski definition) is 1. The number of nitrogens with zero attached hydrogens (tertiary/aromatic N) is 2. The summed E-state index contributed by atoms with van der Waals surface area (Å²) >= 11 is 0. The minimum absolute atomic E-state index is 0.0328. The van der Waals surface area contributed by atoms with Crippen LogP contribution in [0.5, 0.6) is 0 Å². The molecule has 136 valence electrons. The van der Waals surface area contributed by atoms with Crippen molar-refractivity contribution in [3.8, 4) is 0 Å². The van der Waals surface area contributed by atoms with Crippen molar-refractivity contribution in [1.82, 2.24) is 5.32 Å². The minimum Gasteiger partial charge on any atom is -0.386 e. The monoisotopic (exact) mass is 355 g/mol. The summed E-state index contributed by atoms with van der Waals surface area (Å²) in [5.41, 5.74) is 2.74. The predicted molar refractivity (Wildman–Crippen MR) is 99.0 cm³/mol. The second-order valence-corrected chi connectivity index (χ2v) is 5.74. The first-order valence-corrected chi connectivity index (χ1v) is 8.27. The van der Waals surface area contributed by atoms with Crippen LogP contribution in [0, 0.1) is 10.1 Å². The number of aryl methyl sites for hydroxylation is 1. The van der Waals surface area contributed by atoms with E-state index in [4.69, 9.17) is 4.84 Å². The van der Waals surface area contributed by atoms with Gasteiger partial charge in [0.05, 0.1) is 17.2 Å². The molecule has 2 rings (SSSR count). The van der Waals surface area contributed by atoms with E-state index in [2.05, 4.69) is 17.4 Å². The van der Waals surface area contributed by atoms with Crippen LogP contribution in [0.3, 0.4) is 0 Å². The minimum atomic E-state index is -0.486. The number of rotatable bonds is 8. The highest BCUT2D eigenvalue weighted by Crippen LogP contribution is 2.14. The molecule has 7 nitrogen and oxygen atoms in total. The zero-order valence-corrected chi connectivity index (χ0v) is 14.7. The summed E-state index contributed by atoms with van der Waals surface area (Å²) in [7, 11) is 0. The van der Waals surface area contributed by atoms with Crippen molar-refractivity contribution in [2.45, 2.75) is 26.3 Å². The summed E-state index contributed by atoms with van der Waals surface area (Å²) in [6, 6.07) is 13.9. The number of non-ortho nitro benzene ring substituents is 1. The van der Waals surface area contributed by atoms with Crippen LogP contribution in [0.25, 0.3) is 0 Å². The number of carbonyl (C=O) groups excluding carboxylic acids is 1. The first-order chi connectivity index (χ1) is 12.5. The van der Waals surface area contributed by atoms with E-state index in [-0.39, 0.29) is 24.2 Å². The van der Waals surface area contributed by atoms with E-state index in [0.717, 1.165) is 12.0 Å². The molecule has 1 amide bonds. The third-order valence-electron chi connectivity index (χ3n) is 3.82. The van der Waals surface area contributed by atoms with Crippen molar-refractivity contribution < 1.29 is 14.6 Å². The van der Waals surface area contributed by atoms with Crippen LogP contribution in [0.2, 0.25) is 0 Å². The molecule has 0 saturated carbocycles. The Morgan fingerprint density at radius 3 is 2.69 bits per heavy atom. The van der Waals surface area contributed by atoms with Gasteiger partial charge in [-0.3, -0.25) is 14.9 Å². The van der Waals surface area contributed by atoms with Crippen molar-refractivity contribution in [3.05, 3.63) is 75.3 Å². The molecule has 0 aliphatic heterocycles. The van der Waals surface area contributed by atoms with Gasteiger partial charge >= 0.3 is 0 Å². The fraction of sp³-hybridized carbons (Fsp3) is 0.263. The molecule has 0 radical (unpaired) electrons. The van der Waals surface area contributed by atoms with E-state index >= 15 is 0 Å². The van der Waals surface area contributed by atoms with E-state index in [1.165, 1.54) is 23.9 Å². The second-order valence-electron chi connectivity index (χ2n) is 5.74. The summed E-state index contributed by atoms with van der Waals surface area (Å²) in [5.74, 6) is -0.298. The lowest BCUT2D eigenvalue weighted by Gasteiger charge is -2.14. The lowest BCUT2D eigenvalue weighted by atomic mass is 10.1. The Bertz CT molecular complexity index is 788. The van der Waals surface area contributed by atoms with E-state index < -0.39 is 4.92 Å². The third-order valence-corrected chi connectivity index (χ3v) is 3.82. The van der Waals surface area contributed by atoms with E-state index in [0.29, 0.717) is 5.56 Å². The molecule has 1 N–H and O–H groups in total. The number of oxime groups is 1. The van der Waals surface area contributed by atoms with Gasteiger partial charge in [-0.05, 0) is 24.5 Å². The van der Waals surface area contributed by atoms with Gasteiger partial charge in [0.2, 0.25) is 0 Å². The number of hydrogen-bond acceptors (Lipinski definition) is 5. The van der Waals surface area contributed by atoms with Gasteiger partial charge in [-0.2, -0.15) is 0 Å². The molecule has 7 heteroatoms. The average Bonchev–Trinajstić information content (AvgIpc) is 2.65. The van der Waals surface area contributed by atoms with Gasteiger partial charge in [0.15, 0.2) is 6.61 Å². The molecule has 0 aromatic heterocycles. The molecule has 26 heavy (non-hydrogen) atoms. The number of nitrogens with one attached hydrogen (secondary N) is 1. The fourth-order valence-electron chi connectivity index (χ4n) is 2.32. The highest BCUT2D eigenvalue weighted by Gasteiger charge is 2.10. The first-order valence-electron chi connectivity index (χ1n) is 8.27. The van der Waals surface area contributed by atoms with Gasteiger partial charge in [0.1, 0.15) is 0 Å². The third kappa shape index (κ3) is 5.70. The maximum Gasteiger partial charge on any atom is 0.270 e. The summed E-state index contributed by atoms with van der Waals surface area (Å²) in [6.07, 6.45) is 2.30. The molecule has 2 aromatic carbocycles. The first kappa shape index (κ1) is 19.1. The van der Waals surface area contributed by atoms with Crippen LogP contribution in [0.4, 0.5) is 5.69 Å². The highest BCUT2D eigenvalue weighted by atomic mass is 16.6. The van der Waals surface area contributed by atoms with Crippen molar-refractivity contribution >= 4 is 17.8 Å². The largest absolute Gasteiger partial charge is 0.386 e. The number of nitro groups is 1. The number of nitro benzene ring substituents is 1. The number of carbonyl (C=O) groups is 1. The van der Waals surface area contributed by atoms with E-state index in [1.54, 1.807) is 12.1 Å². The number of amides is 1. The quantitative estimate of drug-likeness (QED) is 0.446. The van der Waals surface area contributed by atoms with Crippen LogP contribution in [-0.4, -0.2) is 23.7 Å². The van der Waals surface area contributed by atoms with Crippen molar-refractivity contribution in [1.29, 1.82) is 0 Å². The Kier molecular flexibility index (Phi) is 6.84. The lowest BCUT2D eigenvalue weighted by Crippen LogP contribution is -2.29. The van der Waals surface area contributed by atoms with Crippen LogP contribution >= 0.6 is 0 Å². The molecule has 0 saturated heterocycles. The molecule has 0 heterocycles. The molecule has 0 aliphatic rings. The topological polar surface area (TPSA) is 93.8 Å². The maximum atomic E-state index is 11.9. The molecule has 0 spiro atoms. The normalized spacial score (nSPS) is 11.9. The summed E-state index contributed by atoms with van der Waals surface area (Å²) in [4.78, 5) is 27.1. The SMILES string of the molecule is CCc1ccc([C@@H](C)NC(=O)CO/N=C\c2cccc([N+](=O)[O-])c2)cc1.